The molecule has 1 aromatic heterocycles. The second kappa shape index (κ2) is 4.79. The van der Waals surface area contributed by atoms with E-state index in [-0.39, 0.29) is 18.2 Å². The summed E-state index contributed by atoms with van der Waals surface area (Å²) >= 11 is 0. The normalized spacial score (nSPS) is 21.2. The van der Waals surface area contributed by atoms with E-state index >= 15 is 0 Å². The molecule has 102 valence electrons. The van der Waals surface area contributed by atoms with Crippen LogP contribution in [0.25, 0.3) is 11.1 Å². The lowest BCUT2D eigenvalue weighted by molar-refractivity contribution is 0.133. The summed E-state index contributed by atoms with van der Waals surface area (Å²) in [4.78, 5) is 8.35. The van der Waals surface area contributed by atoms with Crippen LogP contribution in [-0.4, -0.2) is 54.3 Å². The Morgan fingerprint density at radius 3 is 3.05 bits per heavy atom. The third-order valence-corrected chi connectivity index (χ3v) is 3.61. The van der Waals surface area contributed by atoms with Crippen LogP contribution in [0.15, 0.2) is 22.6 Å². The first-order valence-electron chi connectivity index (χ1n) is 6.30. The number of fused-ring (bicyclic) bond motifs is 1. The Morgan fingerprint density at radius 2 is 2.32 bits per heavy atom. The van der Waals surface area contributed by atoms with Crippen molar-refractivity contribution in [2.45, 2.75) is 6.04 Å². The van der Waals surface area contributed by atoms with Gasteiger partial charge in [-0.25, -0.2) is 4.39 Å². The number of hydrogen-bond donors (Lipinski definition) is 1. The van der Waals surface area contributed by atoms with E-state index in [4.69, 9.17) is 4.42 Å². The maximum atomic E-state index is 13.6. The Bertz CT molecular complexity index is 586. The van der Waals surface area contributed by atoms with Gasteiger partial charge >= 0.3 is 0 Å². The fourth-order valence-electron chi connectivity index (χ4n) is 2.36. The van der Waals surface area contributed by atoms with Gasteiger partial charge in [0.15, 0.2) is 11.4 Å². The van der Waals surface area contributed by atoms with Crippen molar-refractivity contribution in [1.29, 1.82) is 0 Å². The van der Waals surface area contributed by atoms with Crippen molar-refractivity contribution in [3.63, 3.8) is 0 Å². The highest BCUT2D eigenvalue weighted by Crippen LogP contribution is 2.25. The van der Waals surface area contributed by atoms with E-state index < -0.39 is 5.82 Å². The lowest BCUT2D eigenvalue weighted by atomic mass is 10.2. The van der Waals surface area contributed by atoms with E-state index in [0.29, 0.717) is 18.1 Å². The molecule has 19 heavy (non-hydrogen) atoms. The smallest absolute Gasteiger partial charge is 0.298 e. The number of aromatic nitrogens is 1. The summed E-state index contributed by atoms with van der Waals surface area (Å²) in [5.74, 6) is -0.399. The van der Waals surface area contributed by atoms with Crippen LogP contribution in [0.5, 0.6) is 0 Å². The Hall–Kier alpha value is -1.66. The molecule has 6 heteroatoms. The fourth-order valence-corrected chi connectivity index (χ4v) is 2.36. The number of benzene rings is 1. The topological polar surface area (TPSA) is 52.7 Å². The number of oxazole rings is 1. The van der Waals surface area contributed by atoms with Crippen LogP contribution >= 0.6 is 0 Å². The first kappa shape index (κ1) is 12.4. The molecule has 0 bridgehead atoms. The zero-order valence-corrected chi connectivity index (χ0v) is 10.7. The molecular weight excluding hydrogens is 249 g/mol. The van der Waals surface area contributed by atoms with Crippen molar-refractivity contribution in [2.24, 2.45) is 0 Å². The first-order valence-corrected chi connectivity index (χ1v) is 6.30. The number of aliphatic hydroxyl groups excluding tert-OH is 1. The van der Waals surface area contributed by atoms with Crippen molar-refractivity contribution in [2.75, 3.05) is 38.2 Å². The Kier molecular flexibility index (Phi) is 3.12. The van der Waals surface area contributed by atoms with Gasteiger partial charge in [0.05, 0.1) is 12.6 Å². The highest BCUT2D eigenvalue weighted by atomic mass is 19.1. The minimum Gasteiger partial charge on any atom is -0.420 e. The second-order valence-electron chi connectivity index (χ2n) is 4.85. The van der Waals surface area contributed by atoms with Crippen LogP contribution in [0.2, 0.25) is 0 Å². The molecule has 0 aliphatic carbocycles. The van der Waals surface area contributed by atoms with Crippen LogP contribution in [0.1, 0.15) is 0 Å². The molecule has 1 aliphatic heterocycles. The number of likely N-dealkylation sites (N-methyl/N-ethyl adjacent to an activating group) is 1. The lowest BCUT2D eigenvalue weighted by Crippen LogP contribution is -2.53. The lowest BCUT2D eigenvalue weighted by Gasteiger charge is -2.37. The molecule has 0 amide bonds. The average Bonchev–Trinajstić information content (AvgIpc) is 2.85. The van der Waals surface area contributed by atoms with E-state index in [1.807, 2.05) is 11.9 Å². The monoisotopic (exact) mass is 265 g/mol. The van der Waals surface area contributed by atoms with Gasteiger partial charge in [-0.1, -0.05) is 6.07 Å². The molecular formula is C13H16FN3O2. The number of piperazine rings is 1. The highest BCUT2D eigenvalue weighted by Gasteiger charge is 2.26. The zero-order chi connectivity index (χ0) is 13.4. The molecule has 1 aromatic carbocycles. The van der Waals surface area contributed by atoms with Gasteiger partial charge in [0, 0.05) is 19.6 Å². The molecule has 1 fully saturated rings. The van der Waals surface area contributed by atoms with Crippen molar-refractivity contribution < 1.29 is 13.9 Å². The number of nitrogens with zero attached hydrogens (tertiary/aromatic N) is 3. The summed E-state index contributed by atoms with van der Waals surface area (Å²) < 4.78 is 19.1. The first-order chi connectivity index (χ1) is 9.19. The van der Waals surface area contributed by atoms with Gasteiger partial charge in [0.2, 0.25) is 0 Å². The van der Waals surface area contributed by atoms with E-state index in [1.165, 1.54) is 6.07 Å². The van der Waals surface area contributed by atoms with Crippen molar-refractivity contribution in [3.05, 3.63) is 24.0 Å². The highest BCUT2D eigenvalue weighted by molar-refractivity contribution is 5.75. The molecule has 1 saturated heterocycles. The molecule has 1 unspecified atom stereocenters. The number of hydrogen-bond acceptors (Lipinski definition) is 5. The molecule has 2 aromatic rings. The molecule has 0 saturated carbocycles. The molecule has 1 atom stereocenters. The summed E-state index contributed by atoms with van der Waals surface area (Å²) in [5.41, 5.74) is 0.714. The van der Waals surface area contributed by atoms with Crippen LogP contribution in [0, 0.1) is 5.82 Å². The van der Waals surface area contributed by atoms with Crippen LogP contribution in [0.4, 0.5) is 10.4 Å². The summed E-state index contributed by atoms with van der Waals surface area (Å²) in [6.07, 6.45) is 0. The van der Waals surface area contributed by atoms with Gasteiger partial charge in [-0.2, -0.15) is 4.98 Å². The molecule has 5 nitrogen and oxygen atoms in total. The second-order valence-corrected chi connectivity index (χ2v) is 4.85. The molecule has 1 aliphatic rings. The van der Waals surface area contributed by atoms with E-state index in [9.17, 15) is 9.50 Å². The maximum absolute atomic E-state index is 13.6. The minimum atomic E-state index is -0.399. The van der Waals surface area contributed by atoms with Crippen LogP contribution in [0.3, 0.4) is 0 Å². The molecule has 1 N–H and O–H groups in total. The SMILES string of the molecule is CN1CCN(c2nc3cccc(F)c3o2)CC1CO. The summed E-state index contributed by atoms with van der Waals surface area (Å²) in [6, 6.07) is 5.17. The van der Waals surface area contributed by atoms with Gasteiger partial charge in [-0.3, -0.25) is 4.90 Å². The third kappa shape index (κ3) is 2.17. The maximum Gasteiger partial charge on any atom is 0.298 e. The number of halogens is 1. The Balaban J connectivity index is 1.90. The van der Waals surface area contributed by atoms with E-state index in [2.05, 4.69) is 9.88 Å². The molecule has 3 rings (SSSR count). The largest absolute Gasteiger partial charge is 0.420 e. The summed E-state index contributed by atoms with van der Waals surface area (Å²) in [5, 5.41) is 9.33. The standard InChI is InChI=1S/C13H16FN3O2/c1-16-5-6-17(7-9(16)8-18)13-15-11-4-2-3-10(14)12(11)19-13/h2-4,9,18H,5-8H2,1H3. The zero-order valence-electron chi connectivity index (χ0n) is 10.7. The number of anilines is 1. The fraction of sp³-hybridized carbons (Fsp3) is 0.462. The minimum absolute atomic E-state index is 0.0496. The van der Waals surface area contributed by atoms with Crippen molar-refractivity contribution in [1.82, 2.24) is 9.88 Å². The van der Waals surface area contributed by atoms with Gasteiger partial charge in [-0.05, 0) is 19.2 Å². The third-order valence-electron chi connectivity index (χ3n) is 3.61. The average molecular weight is 265 g/mol. The molecule has 0 spiro atoms. The van der Waals surface area contributed by atoms with Crippen molar-refractivity contribution >= 4 is 17.1 Å². The number of para-hydroxylation sites is 1. The van der Waals surface area contributed by atoms with Crippen LogP contribution in [-0.2, 0) is 0 Å². The number of aliphatic hydroxyl groups is 1. The predicted octanol–water partition coefficient (Wildman–Crippen LogP) is 1.08. The van der Waals surface area contributed by atoms with Crippen molar-refractivity contribution in [3.8, 4) is 0 Å². The van der Waals surface area contributed by atoms with Gasteiger partial charge in [-0.15, -0.1) is 0 Å². The van der Waals surface area contributed by atoms with E-state index in [1.54, 1.807) is 12.1 Å². The molecule has 0 radical (unpaired) electrons. The van der Waals surface area contributed by atoms with E-state index in [0.717, 1.165) is 13.1 Å². The summed E-state index contributed by atoms with van der Waals surface area (Å²) in [7, 11) is 1.98. The van der Waals surface area contributed by atoms with Gasteiger partial charge < -0.3 is 14.4 Å². The van der Waals surface area contributed by atoms with Gasteiger partial charge in [0.1, 0.15) is 5.52 Å². The summed E-state index contributed by atoms with van der Waals surface area (Å²) in [6.45, 7) is 2.27. The Morgan fingerprint density at radius 1 is 1.47 bits per heavy atom. The van der Waals surface area contributed by atoms with Crippen LogP contribution < -0.4 is 4.90 Å². The predicted molar refractivity (Wildman–Crippen MR) is 69.7 cm³/mol. The molecule has 2 heterocycles. The number of rotatable bonds is 2. The Labute approximate surface area is 110 Å². The van der Waals surface area contributed by atoms with Gasteiger partial charge in [0.25, 0.3) is 6.01 Å². The quantitative estimate of drug-likeness (QED) is 0.880.